The van der Waals surface area contributed by atoms with E-state index in [1.807, 2.05) is 23.4 Å². The predicted molar refractivity (Wildman–Crippen MR) is 130 cm³/mol. The molecule has 0 saturated carbocycles. The smallest absolute Gasteiger partial charge is 0.240 e. The molecule has 2 aliphatic rings. The number of rotatable bonds is 10. The van der Waals surface area contributed by atoms with Crippen LogP contribution in [0.15, 0.2) is 30.9 Å². The molecule has 1 saturated heterocycles. The van der Waals surface area contributed by atoms with E-state index in [1.165, 1.54) is 5.56 Å². The molecule has 180 valence electrons. The number of aromatic amines is 1. The third-order valence-electron chi connectivity index (χ3n) is 6.86. The minimum absolute atomic E-state index is 0.104. The zero-order chi connectivity index (χ0) is 23.0. The molecule has 4 rings (SSSR count). The number of nitrogens with zero attached hydrogens (tertiary/aromatic N) is 3. The van der Waals surface area contributed by atoms with Crippen LogP contribution in [0.1, 0.15) is 68.9 Å². The van der Waals surface area contributed by atoms with E-state index in [-0.39, 0.29) is 18.0 Å². The summed E-state index contributed by atoms with van der Waals surface area (Å²) in [5.74, 6) is 0.177. The Morgan fingerprint density at radius 2 is 2.09 bits per heavy atom. The summed E-state index contributed by atoms with van der Waals surface area (Å²) in [4.78, 5) is 27.8. The van der Waals surface area contributed by atoms with E-state index >= 15 is 0 Å². The number of hydrogen-bond acceptors (Lipinski definition) is 6. The van der Waals surface area contributed by atoms with Gasteiger partial charge in [0, 0.05) is 37.9 Å². The lowest BCUT2D eigenvalue weighted by molar-refractivity contribution is -0.135. The van der Waals surface area contributed by atoms with Crippen molar-refractivity contribution in [2.45, 2.75) is 83.1 Å². The lowest BCUT2D eigenvalue weighted by Gasteiger charge is -2.37. The predicted octanol–water partition coefficient (Wildman–Crippen LogP) is 2.31. The summed E-state index contributed by atoms with van der Waals surface area (Å²) in [6, 6.07) is 4.41. The highest BCUT2D eigenvalue weighted by atomic mass is 16.2. The van der Waals surface area contributed by atoms with Crippen molar-refractivity contribution in [3.63, 3.8) is 0 Å². The molecular weight excluding hydrogens is 414 g/mol. The molecular formula is C25H39N7O. The van der Waals surface area contributed by atoms with Gasteiger partial charge in [-0.2, -0.15) is 0 Å². The van der Waals surface area contributed by atoms with Crippen LogP contribution in [0.2, 0.25) is 0 Å². The van der Waals surface area contributed by atoms with E-state index in [2.05, 4.69) is 50.8 Å². The average molecular weight is 454 g/mol. The minimum Gasteiger partial charge on any atom is -0.351 e. The number of fused-ring (bicyclic) bond motifs is 1. The Labute approximate surface area is 197 Å². The fourth-order valence-electron chi connectivity index (χ4n) is 5.10. The van der Waals surface area contributed by atoms with Gasteiger partial charge in [0.25, 0.3) is 0 Å². The molecule has 1 aliphatic heterocycles. The number of piperidine rings is 1. The van der Waals surface area contributed by atoms with Crippen LogP contribution in [0.5, 0.6) is 0 Å². The van der Waals surface area contributed by atoms with E-state index in [1.54, 1.807) is 6.33 Å². The van der Waals surface area contributed by atoms with Gasteiger partial charge in [0.1, 0.15) is 0 Å². The first-order valence-corrected chi connectivity index (χ1v) is 12.6. The van der Waals surface area contributed by atoms with E-state index in [9.17, 15) is 4.79 Å². The Bertz CT molecular complexity index is 863. The Hall–Kier alpha value is -2.29. The van der Waals surface area contributed by atoms with Crippen molar-refractivity contribution in [3.8, 4) is 0 Å². The number of carbonyl (C=O) groups excluding carboxylic acids is 1. The maximum absolute atomic E-state index is 13.7. The van der Waals surface area contributed by atoms with Crippen LogP contribution in [0, 0.1) is 0 Å². The molecule has 0 aromatic carbocycles. The summed E-state index contributed by atoms with van der Waals surface area (Å²) < 4.78 is 0. The Kier molecular flexibility index (Phi) is 8.47. The Balaban J connectivity index is 1.39. The van der Waals surface area contributed by atoms with Crippen LogP contribution < -0.4 is 16.0 Å². The molecule has 8 heteroatoms. The van der Waals surface area contributed by atoms with Crippen molar-refractivity contribution < 1.29 is 4.79 Å². The highest BCUT2D eigenvalue weighted by Crippen LogP contribution is 2.28. The van der Waals surface area contributed by atoms with Crippen molar-refractivity contribution in [3.05, 3.63) is 47.8 Å². The van der Waals surface area contributed by atoms with Gasteiger partial charge in [0.05, 0.1) is 36.0 Å². The van der Waals surface area contributed by atoms with Crippen LogP contribution in [0.4, 0.5) is 0 Å². The number of H-pyrrole nitrogens is 1. The quantitative estimate of drug-likeness (QED) is 0.412. The minimum atomic E-state index is -0.305. The number of nitrogens with one attached hydrogen (secondary N) is 4. The third-order valence-corrected chi connectivity index (χ3v) is 6.86. The summed E-state index contributed by atoms with van der Waals surface area (Å²) in [7, 11) is 0. The first-order chi connectivity index (χ1) is 16.1. The van der Waals surface area contributed by atoms with Crippen molar-refractivity contribution in [1.29, 1.82) is 0 Å². The topological polar surface area (TPSA) is 98.0 Å². The molecule has 0 bridgehead atoms. The summed E-state index contributed by atoms with van der Waals surface area (Å²) in [6.07, 6.45) is 12.6. The van der Waals surface area contributed by atoms with E-state index in [0.717, 1.165) is 69.5 Å². The summed E-state index contributed by atoms with van der Waals surface area (Å²) in [5.41, 5.74) is 3.30. The van der Waals surface area contributed by atoms with Gasteiger partial charge in [0.2, 0.25) is 5.91 Å². The van der Waals surface area contributed by atoms with Gasteiger partial charge in [0.15, 0.2) is 0 Å². The highest BCUT2D eigenvalue weighted by molar-refractivity contribution is 5.82. The number of imidazole rings is 1. The van der Waals surface area contributed by atoms with Crippen LogP contribution in [0.25, 0.3) is 0 Å². The molecule has 3 atom stereocenters. The molecule has 2 aromatic rings. The number of amides is 1. The number of aromatic nitrogens is 3. The van der Waals surface area contributed by atoms with Crippen LogP contribution in [0.3, 0.4) is 0 Å². The standard InChI is InChI=1S/C25H39N7O/c1-3-11-27-18(2)30-20-9-13-32(14-10-20)25(33)23(15-21-16-26-17-29-21)31-22-8-4-6-19-7-5-12-28-24(19)22/h5,7,12,16-18,20,22-23,27,30-31H,3-4,6,8-11,13-15H2,1-2H3,(H,26,29). The number of aryl methyl sites for hydroxylation is 1. The number of pyridine rings is 1. The van der Waals surface area contributed by atoms with Gasteiger partial charge in [-0.3, -0.25) is 20.4 Å². The number of hydrogen-bond donors (Lipinski definition) is 4. The van der Waals surface area contributed by atoms with Crippen LogP contribution in [-0.4, -0.2) is 63.6 Å². The molecule has 8 nitrogen and oxygen atoms in total. The first kappa shape index (κ1) is 23.9. The number of carbonyl (C=O) groups is 1. The molecule has 3 unspecified atom stereocenters. The van der Waals surface area contributed by atoms with E-state index in [0.29, 0.717) is 18.6 Å². The number of likely N-dealkylation sites (tertiary alicyclic amines) is 1. The largest absolute Gasteiger partial charge is 0.351 e. The molecule has 0 spiro atoms. The third kappa shape index (κ3) is 6.40. The second-order valence-corrected chi connectivity index (χ2v) is 9.42. The van der Waals surface area contributed by atoms with Gasteiger partial charge >= 0.3 is 0 Å². The van der Waals surface area contributed by atoms with Crippen molar-refractivity contribution in [2.75, 3.05) is 19.6 Å². The molecule has 33 heavy (non-hydrogen) atoms. The summed E-state index contributed by atoms with van der Waals surface area (Å²) in [6.45, 7) is 6.95. The highest BCUT2D eigenvalue weighted by Gasteiger charge is 2.32. The summed E-state index contributed by atoms with van der Waals surface area (Å²) >= 11 is 0. The van der Waals surface area contributed by atoms with E-state index in [4.69, 9.17) is 0 Å². The van der Waals surface area contributed by atoms with E-state index < -0.39 is 0 Å². The lowest BCUT2D eigenvalue weighted by atomic mass is 9.91. The van der Waals surface area contributed by atoms with Crippen molar-refractivity contribution in [1.82, 2.24) is 35.8 Å². The maximum atomic E-state index is 13.7. The van der Waals surface area contributed by atoms with Crippen molar-refractivity contribution in [2.24, 2.45) is 0 Å². The summed E-state index contributed by atoms with van der Waals surface area (Å²) in [5, 5.41) is 10.8. The van der Waals surface area contributed by atoms with Gasteiger partial charge in [-0.05, 0) is 63.6 Å². The van der Waals surface area contributed by atoms with Gasteiger partial charge in [-0.25, -0.2) is 4.98 Å². The molecule has 4 N–H and O–H groups in total. The lowest BCUT2D eigenvalue weighted by Crippen LogP contribution is -2.55. The maximum Gasteiger partial charge on any atom is 0.240 e. The van der Waals surface area contributed by atoms with Gasteiger partial charge in [-0.1, -0.05) is 13.0 Å². The molecule has 3 heterocycles. The zero-order valence-electron chi connectivity index (χ0n) is 20.0. The SMILES string of the molecule is CCCNC(C)NC1CCN(C(=O)C(Cc2c[nH]cn2)NC2CCCc3cccnc32)CC1. The molecule has 1 aliphatic carbocycles. The normalized spacial score (nSPS) is 20.9. The fourth-order valence-corrected chi connectivity index (χ4v) is 5.10. The zero-order valence-corrected chi connectivity index (χ0v) is 20.0. The Morgan fingerprint density at radius 3 is 2.85 bits per heavy atom. The van der Waals surface area contributed by atoms with Crippen LogP contribution in [-0.2, 0) is 17.6 Å². The fraction of sp³-hybridized carbons (Fsp3) is 0.640. The molecule has 1 fully saturated rings. The van der Waals surface area contributed by atoms with Gasteiger partial charge < -0.3 is 15.2 Å². The average Bonchev–Trinajstić information content (AvgIpc) is 3.36. The molecule has 2 aromatic heterocycles. The molecule has 1 amide bonds. The van der Waals surface area contributed by atoms with Crippen molar-refractivity contribution >= 4 is 5.91 Å². The second-order valence-electron chi connectivity index (χ2n) is 9.42. The Morgan fingerprint density at radius 1 is 1.24 bits per heavy atom. The second kappa shape index (κ2) is 11.7. The monoisotopic (exact) mass is 453 g/mol. The van der Waals surface area contributed by atoms with Crippen LogP contribution >= 0.6 is 0 Å². The first-order valence-electron chi connectivity index (χ1n) is 12.6. The molecule has 0 radical (unpaired) electrons. The van der Waals surface area contributed by atoms with Gasteiger partial charge in [-0.15, -0.1) is 0 Å².